The summed E-state index contributed by atoms with van der Waals surface area (Å²) in [6.07, 6.45) is 1.13. The Morgan fingerprint density at radius 2 is 2.29 bits per heavy atom. The van der Waals surface area contributed by atoms with Crippen molar-refractivity contribution in [2.45, 2.75) is 25.9 Å². The van der Waals surface area contributed by atoms with E-state index in [1.54, 1.807) is 0 Å². The molecule has 1 unspecified atom stereocenters. The quantitative estimate of drug-likeness (QED) is 0.861. The summed E-state index contributed by atoms with van der Waals surface area (Å²) >= 11 is 0. The van der Waals surface area contributed by atoms with E-state index in [-0.39, 0.29) is 0 Å². The van der Waals surface area contributed by atoms with Crippen LogP contribution in [0.1, 0.15) is 17.5 Å². The van der Waals surface area contributed by atoms with Crippen molar-refractivity contribution < 1.29 is 4.74 Å². The Bertz CT molecular complexity index is 372. The molecule has 1 aromatic carbocycles. The Labute approximate surface area is 104 Å². The number of hydrogen-bond acceptors (Lipinski definition) is 3. The maximum Gasteiger partial charge on any atom is 0.0670 e. The second-order valence-electron chi connectivity index (χ2n) is 4.78. The smallest absolute Gasteiger partial charge is 0.0670 e. The minimum Gasteiger partial charge on any atom is -0.379 e. The van der Waals surface area contributed by atoms with E-state index >= 15 is 0 Å². The number of hydrogen-bond donors (Lipinski definition) is 1. The van der Waals surface area contributed by atoms with Crippen LogP contribution in [0.15, 0.2) is 18.2 Å². The maximum atomic E-state index is 5.45. The van der Waals surface area contributed by atoms with Gasteiger partial charge in [0.05, 0.1) is 12.6 Å². The van der Waals surface area contributed by atoms with Crippen LogP contribution in [-0.4, -0.2) is 33.4 Å². The minimum absolute atomic E-state index is 0.531. The zero-order chi connectivity index (χ0) is 12.3. The number of likely N-dealkylation sites (N-methyl/N-ethyl adjacent to an activating group) is 1. The highest BCUT2D eigenvalue weighted by Gasteiger charge is 2.21. The van der Waals surface area contributed by atoms with E-state index in [0.717, 1.165) is 26.2 Å². The van der Waals surface area contributed by atoms with Gasteiger partial charge in [0, 0.05) is 25.9 Å². The molecule has 1 atom stereocenters. The molecule has 0 spiro atoms. The van der Waals surface area contributed by atoms with E-state index in [1.165, 1.54) is 16.8 Å². The summed E-state index contributed by atoms with van der Waals surface area (Å²) in [7, 11) is 4.14. The highest BCUT2D eigenvalue weighted by atomic mass is 16.5. The highest BCUT2D eigenvalue weighted by molar-refractivity contribution is 5.54. The molecule has 1 aliphatic rings. The first-order chi connectivity index (χ1) is 8.22. The lowest BCUT2D eigenvalue weighted by atomic mass is 10.1. The Balaban J connectivity index is 2.14. The number of nitrogens with zero attached hydrogens (tertiary/aromatic N) is 1. The molecule has 0 aromatic heterocycles. The molecule has 0 aliphatic carbocycles. The number of anilines is 1. The summed E-state index contributed by atoms with van der Waals surface area (Å²) in [6, 6.07) is 7.22. The second kappa shape index (κ2) is 5.52. The molecule has 1 aliphatic heterocycles. The zero-order valence-corrected chi connectivity index (χ0v) is 11.0. The van der Waals surface area contributed by atoms with E-state index in [0.29, 0.717) is 6.04 Å². The number of aryl methyl sites for hydroxylation is 1. The second-order valence-corrected chi connectivity index (χ2v) is 4.78. The van der Waals surface area contributed by atoms with Gasteiger partial charge < -0.3 is 15.0 Å². The lowest BCUT2D eigenvalue weighted by molar-refractivity contribution is 0.193. The molecule has 0 radical (unpaired) electrons. The largest absolute Gasteiger partial charge is 0.379 e. The fourth-order valence-electron chi connectivity index (χ4n) is 2.45. The predicted octanol–water partition coefficient (Wildman–Crippen LogP) is 1.94. The third kappa shape index (κ3) is 2.79. The van der Waals surface area contributed by atoms with Crippen LogP contribution in [0, 0.1) is 6.92 Å². The Kier molecular flexibility index (Phi) is 4.02. The van der Waals surface area contributed by atoms with Gasteiger partial charge in [-0.05, 0) is 37.6 Å². The first-order valence-electron chi connectivity index (χ1n) is 6.27. The summed E-state index contributed by atoms with van der Waals surface area (Å²) in [5.74, 6) is 0. The van der Waals surface area contributed by atoms with Crippen LogP contribution in [-0.2, 0) is 11.3 Å². The number of rotatable bonds is 4. The first kappa shape index (κ1) is 12.4. The van der Waals surface area contributed by atoms with Crippen molar-refractivity contribution in [2.24, 2.45) is 0 Å². The van der Waals surface area contributed by atoms with Crippen LogP contribution in [0.4, 0.5) is 5.69 Å². The summed E-state index contributed by atoms with van der Waals surface area (Å²) in [5, 5.41) is 3.18. The molecule has 0 amide bonds. The molecule has 3 nitrogen and oxygen atoms in total. The van der Waals surface area contributed by atoms with Gasteiger partial charge in [-0.2, -0.15) is 0 Å². The van der Waals surface area contributed by atoms with Crippen molar-refractivity contribution in [3.63, 3.8) is 0 Å². The van der Waals surface area contributed by atoms with E-state index in [9.17, 15) is 0 Å². The van der Waals surface area contributed by atoms with Crippen LogP contribution >= 0.6 is 0 Å². The van der Waals surface area contributed by atoms with Crippen molar-refractivity contribution in [2.75, 3.05) is 32.2 Å². The van der Waals surface area contributed by atoms with Crippen molar-refractivity contribution in [3.8, 4) is 0 Å². The maximum absolute atomic E-state index is 5.45. The van der Waals surface area contributed by atoms with E-state index < -0.39 is 0 Å². The van der Waals surface area contributed by atoms with Crippen LogP contribution < -0.4 is 10.2 Å². The van der Waals surface area contributed by atoms with Gasteiger partial charge in [0.15, 0.2) is 0 Å². The molecule has 2 rings (SSSR count). The average molecular weight is 234 g/mol. The van der Waals surface area contributed by atoms with Crippen molar-refractivity contribution in [1.29, 1.82) is 0 Å². The number of ether oxygens (including phenoxy) is 1. The SMILES string of the molecule is CNCc1ccc(N(C)C2CCOC2)c(C)c1. The summed E-state index contributed by atoms with van der Waals surface area (Å²) < 4.78 is 5.45. The van der Waals surface area contributed by atoms with Gasteiger partial charge in [-0.25, -0.2) is 0 Å². The lowest BCUT2D eigenvalue weighted by Gasteiger charge is -2.27. The van der Waals surface area contributed by atoms with Gasteiger partial charge >= 0.3 is 0 Å². The normalized spacial score (nSPS) is 19.6. The molecule has 0 saturated carbocycles. The molecule has 17 heavy (non-hydrogen) atoms. The molecule has 1 heterocycles. The van der Waals surface area contributed by atoms with Gasteiger partial charge in [-0.3, -0.25) is 0 Å². The van der Waals surface area contributed by atoms with E-state index in [4.69, 9.17) is 4.74 Å². The molecule has 94 valence electrons. The standard InChI is InChI=1S/C14H22N2O/c1-11-8-12(9-15-2)4-5-14(11)16(3)13-6-7-17-10-13/h4-5,8,13,15H,6-7,9-10H2,1-3H3. The topological polar surface area (TPSA) is 24.5 Å². The van der Waals surface area contributed by atoms with Crippen molar-refractivity contribution in [3.05, 3.63) is 29.3 Å². The first-order valence-corrected chi connectivity index (χ1v) is 6.27. The van der Waals surface area contributed by atoms with E-state index in [2.05, 4.69) is 42.4 Å². The molecule has 0 bridgehead atoms. The monoisotopic (exact) mass is 234 g/mol. The van der Waals surface area contributed by atoms with Crippen LogP contribution in [0.2, 0.25) is 0 Å². The summed E-state index contributed by atoms with van der Waals surface area (Å²) in [6.45, 7) is 4.86. The lowest BCUT2D eigenvalue weighted by Crippen LogP contribution is -2.32. The van der Waals surface area contributed by atoms with Crippen LogP contribution in [0.3, 0.4) is 0 Å². The Hall–Kier alpha value is -1.06. The fourth-order valence-corrected chi connectivity index (χ4v) is 2.45. The number of nitrogens with one attached hydrogen (secondary N) is 1. The van der Waals surface area contributed by atoms with Crippen molar-refractivity contribution in [1.82, 2.24) is 5.32 Å². The van der Waals surface area contributed by atoms with Gasteiger partial charge in [-0.15, -0.1) is 0 Å². The molecule has 3 heteroatoms. The van der Waals surface area contributed by atoms with Crippen molar-refractivity contribution >= 4 is 5.69 Å². The molecular weight excluding hydrogens is 212 g/mol. The Morgan fingerprint density at radius 3 is 2.88 bits per heavy atom. The highest BCUT2D eigenvalue weighted by Crippen LogP contribution is 2.24. The Morgan fingerprint density at radius 1 is 1.47 bits per heavy atom. The van der Waals surface area contributed by atoms with Gasteiger partial charge in [0.1, 0.15) is 0 Å². The molecule has 1 fully saturated rings. The van der Waals surface area contributed by atoms with Gasteiger partial charge in [0.2, 0.25) is 0 Å². The predicted molar refractivity (Wildman–Crippen MR) is 71.6 cm³/mol. The average Bonchev–Trinajstić information content (AvgIpc) is 2.82. The minimum atomic E-state index is 0.531. The molecule has 1 aromatic rings. The van der Waals surface area contributed by atoms with Crippen LogP contribution in [0.5, 0.6) is 0 Å². The third-order valence-electron chi connectivity index (χ3n) is 3.48. The number of benzene rings is 1. The molecule has 1 N–H and O–H groups in total. The summed E-state index contributed by atoms with van der Waals surface area (Å²) in [5.41, 5.74) is 4.00. The fraction of sp³-hybridized carbons (Fsp3) is 0.571. The third-order valence-corrected chi connectivity index (χ3v) is 3.48. The zero-order valence-electron chi connectivity index (χ0n) is 11.0. The molecular formula is C14H22N2O. The molecule has 1 saturated heterocycles. The summed E-state index contributed by atoms with van der Waals surface area (Å²) in [4.78, 5) is 2.35. The van der Waals surface area contributed by atoms with E-state index in [1.807, 2.05) is 7.05 Å². The van der Waals surface area contributed by atoms with Crippen LogP contribution in [0.25, 0.3) is 0 Å². The van der Waals surface area contributed by atoms with Gasteiger partial charge in [-0.1, -0.05) is 12.1 Å². The van der Waals surface area contributed by atoms with Gasteiger partial charge in [0.25, 0.3) is 0 Å².